The fraction of sp³-hybridized carbons (Fsp3) is 0.345. The summed E-state index contributed by atoms with van der Waals surface area (Å²) in [4.78, 5) is 32.2. The van der Waals surface area contributed by atoms with E-state index in [2.05, 4.69) is 10.3 Å². The summed E-state index contributed by atoms with van der Waals surface area (Å²) in [6, 6.07) is 17.8. The second kappa shape index (κ2) is 14.1. The van der Waals surface area contributed by atoms with E-state index in [0.29, 0.717) is 43.5 Å². The summed E-state index contributed by atoms with van der Waals surface area (Å²) in [7, 11) is -2.07. The quantitative estimate of drug-likeness (QED) is 0.345. The number of nitrogens with one attached hydrogen (secondary N) is 1. The van der Waals surface area contributed by atoms with Crippen LogP contribution in [0.25, 0.3) is 0 Å². The number of hydrogen-bond donors (Lipinski definition) is 1. The number of pyridine rings is 1. The molecule has 11 nitrogen and oxygen atoms in total. The van der Waals surface area contributed by atoms with Gasteiger partial charge in [0.05, 0.1) is 37.5 Å². The molecule has 2 heterocycles. The third-order valence-corrected chi connectivity index (χ3v) is 8.56. The van der Waals surface area contributed by atoms with E-state index in [1.165, 1.54) is 33.5 Å². The molecule has 1 atom stereocenters. The molecule has 1 saturated heterocycles. The van der Waals surface area contributed by atoms with Gasteiger partial charge in [0.1, 0.15) is 17.5 Å². The van der Waals surface area contributed by atoms with Crippen molar-refractivity contribution in [3.8, 4) is 11.5 Å². The van der Waals surface area contributed by atoms with Crippen LogP contribution in [0.5, 0.6) is 11.5 Å². The summed E-state index contributed by atoms with van der Waals surface area (Å²) >= 11 is 0. The van der Waals surface area contributed by atoms with Crippen LogP contribution in [0, 0.1) is 0 Å². The van der Waals surface area contributed by atoms with Gasteiger partial charge in [-0.3, -0.25) is 14.6 Å². The highest BCUT2D eigenvalue weighted by atomic mass is 32.2. The first-order valence-electron chi connectivity index (χ1n) is 13.2. The molecule has 4 rings (SSSR count). The van der Waals surface area contributed by atoms with Crippen LogP contribution in [0.2, 0.25) is 0 Å². The number of carbonyl (C=O) groups excluding carboxylic acids is 2. The lowest BCUT2D eigenvalue weighted by Gasteiger charge is -2.29. The van der Waals surface area contributed by atoms with Gasteiger partial charge >= 0.3 is 0 Å². The Morgan fingerprint density at radius 1 is 1.02 bits per heavy atom. The largest absolute Gasteiger partial charge is 0.497 e. The number of ether oxygens (including phenoxy) is 3. The molecule has 0 aliphatic carbocycles. The molecule has 1 fully saturated rings. The third kappa shape index (κ3) is 8.03. The first-order valence-corrected chi connectivity index (χ1v) is 14.6. The number of methoxy groups -OCH3 is 1. The highest BCUT2D eigenvalue weighted by molar-refractivity contribution is 7.89. The lowest BCUT2D eigenvalue weighted by atomic mass is 10.1. The molecule has 3 aromatic rings. The van der Waals surface area contributed by atoms with Gasteiger partial charge in [0.25, 0.3) is 5.91 Å². The third-order valence-electron chi connectivity index (χ3n) is 6.64. The first kappa shape index (κ1) is 30.0. The predicted molar refractivity (Wildman–Crippen MR) is 151 cm³/mol. The molecule has 1 unspecified atom stereocenters. The Balaban J connectivity index is 1.42. The SMILES string of the molecule is COc1ccc(CN(C(=O)COc2ccc(S(=O)(=O)N3CCOCC3)cc2)C(C)C(=O)NCc2ccccn2)cc1. The Kier molecular flexibility index (Phi) is 10.3. The van der Waals surface area contributed by atoms with Crippen molar-refractivity contribution < 1.29 is 32.2 Å². The van der Waals surface area contributed by atoms with Gasteiger partial charge in [0.2, 0.25) is 15.9 Å². The van der Waals surface area contributed by atoms with Crippen molar-refractivity contribution >= 4 is 21.8 Å². The van der Waals surface area contributed by atoms with Gasteiger partial charge in [-0.1, -0.05) is 18.2 Å². The zero-order chi connectivity index (χ0) is 29.2. The minimum absolute atomic E-state index is 0.136. The summed E-state index contributed by atoms with van der Waals surface area (Å²) < 4.78 is 43.3. The molecule has 0 radical (unpaired) electrons. The van der Waals surface area contributed by atoms with Crippen LogP contribution in [-0.4, -0.2) is 80.5 Å². The molecule has 1 aliphatic heterocycles. The molecular formula is C29H34N4O7S. The van der Waals surface area contributed by atoms with Crippen molar-refractivity contribution in [2.24, 2.45) is 0 Å². The summed E-state index contributed by atoms with van der Waals surface area (Å²) in [5.74, 6) is 0.257. The van der Waals surface area contributed by atoms with Crippen molar-refractivity contribution in [2.75, 3.05) is 40.0 Å². The average Bonchev–Trinajstić information content (AvgIpc) is 3.02. The molecule has 0 saturated carbocycles. The van der Waals surface area contributed by atoms with Gasteiger partial charge < -0.3 is 24.4 Å². The van der Waals surface area contributed by atoms with E-state index in [0.717, 1.165) is 5.56 Å². The molecule has 1 aromatic heterocycles. The molecule has 41 heavy (non-hydrogen) atoms. The van der Waals surface area contributed by atoms with Gasteiger partial charge in [0.15, 0.2) is 6.61 Å². The number of nitrogens with zero attached hydrogens (tertiary/aromatic N) is 3. The lowest BCUT2D eigenvalue weighted by molar-refractivity contribution is -0.142. The fourth-order valence-electron chi connectivity index (χ4n) is 4.21. The molecule has 1 aliphatic rings. The number of benzene rings is 2. The predicted octanol–water partition coefficient (Wildman–Crippen LogP) is 2.22. The maximum absolute atomic E-state index is 13.4. The summed E-state index contributed by atoms with van der Waals surface area (Å²) in [6.07, 6.45) is 1.65. The zero-order valence-electron chi connectivity index (χ0n) is 23.1. The molecule has 218 valence electrons. The van der Waals surface area contributed by atoms with Crippen LogP contribution in [0.3, 0.4) is 0 Å². The Morgan fingerprint density at radius 3 is 2.34 bits per heavy atom. The number of aromatic nitrogens is 1. The number of rotatable bonds is 12. The Hall–Kier alpha value is -4.00. The molecule has 2 aromatic carbocycles. The van der Waals surface area contributed by atoms with E-state index in [1.54, 1.807) is 44.5 Å². The van der Waals surface area contributed by atoms with Crippen LogP contribution in [0.4, 0.5) is 0 Å². The standard InChI is InChI=1S/C29H34N4O7S/c1-22(29(35)31-19-24-5-3-4-14-30-24)33(20-23-6-8-25(38-2)9-7-23)28(34)21-40-26-10-12-27(13-11-26)41(36,37)32-15-17-39-18-16-32/h3-14,22H,15-21H2,1-2H3,(H,31,35). The molecule has 0 bridgehead atoms. The minimum atomic E-state index is -3.64. The van der Waals surface area contributed by atoms with Crippen molar-refractivity contribution in [1.82, 2.24) is 19.5 Å². The maximum Gasteiger partial charge on any atom is 0.261 e. The number of morpholine rings is 1. The van der Waals surface area contributed by atoms with Gasteiger partial charge in [-0.15, -0.1) is 0 Å². The van der Waals surface area contributed by atoms with E-state index >= 15 is 0 Å². The van der Waals surface area contributed by atoms with Crippen LogP contribution >= 0.6 is 0 Å². The number of carbonyl (C=O) groups is 2. The molecule has 0 spiro atoms. The lowest BCUT2D eigenvalue weighted by Crippen LogP contribution is -2.48. The summed E-state index contributed by atoms with van der Waals surface area (Å²) in [5.41, 5.74) is 1.50. The smallest absolute Gasteiger partial charge is 0.261 e. The number of hydrogen-bond acceptors (Lipinski definition) is 8. The van der Waals surface area contributed by atoms with E-state index in [-0.39, 0.29) is 30.5 Å². The zero-order valence-corrected chi connectivity index (χ0v) is 23.9. The minimum Gasteiger partial charge on any atom is -0.497 e. The van der Waals surface area contributed by atoms with Crippen LogP contribution in [0.1, 0.15) is 18.2 Å². The molecule has 1 N–H and O–H groups in total. The van der Waals surface area contributed by atoms with Crippen molar-refractivity contribution in [3.05, 3.63) is 84.2 Å². The number of amides is 2. The van der Waals surface area contributed by atoms with Crippen LogP contribution in [0.15, 0.2) is 77.8 Å². The van der Waals surface area contributed by atoms with E-state index in [4.69, 9.17) is 14.2 Å². The van der Waals surface area contributed by atoms with Crippen molar-refractivity contribution in [1.29, 1.82) is 0 Å². The second-order valence-corrected chi connectivity index (χ2v) is 11.3. The van der Waals surface area contributed by atoms with Gasteiger partial charge in [-0.25, -0.2) is 8.42 Å². The highest BCUT2D eigenvalue weighted by Gasteiger charge is 2.28. The van der Waals surface area contributed by atoms with Gasteiger partial charge in [-0.2, -0.15) is 4.31 Å². The normalized spacial score (nSPS) is 14.6. The maximum atomic E-state index is 13.4. The van der Waals surface area contributed by atoms with E-state index in [1.807, 2.05) is 18.2 Å². The molecule has 2 amide bonds. The second-order valence-electron chi connectivity index (χ2n) is 9.36. The Bertz CT molecular complexity index is 1400. The summed E-state index contributed by atoms with van der Waals surface area (Å²) in [5, 5.41) is 2.83. The molecule has 12 heteroatoms. The van der Waals surface area contributed by atoms with Gasteiger partial charge in [-0.05, 0) is 61.0 Å². The van der Waals surface area contributed by atoms with Crippen molar-refractivity contribution in [2.45, 2.75) is 31.0 Å². The monoisotopic (exact) mass is 582 g/mol. The highest BCUT2D eigenvalue weighted by Crippen LogP contribution is 2.21. The fourth-order valence-corrected chi connectivity index (χ4v) is 5.62. The topological polar surface area (TPSA) is 127 Å². The Labute approximate surface area is 240 Å². The van der Waals surface area contributed by atoms with Crippen molar-refractivity contribution in [3.63, 3.8) is 0 Å². The van der Waals surface area contributed by atoms with Gasteiger partial charge in [0, 0.05) is 25.8 Å². The van der Waals surface area contributed by atoms with E-state index in [9.17, 15) is 18.0 Å². The van der Waals surface area contributed by atoms with Crippen LogP contribution < -0.4 is 14.8 Å². The average molecular weight is 583 g/mol. The first-order chi connectivity index (χ1) is 19.8. The van der Waals surface area contributed by atoms with E-state index < -0.39 is 22.0 Å². The Morgan fingerprint density at radius 2 is 1.71 bits per heavy atom. The summed E-state index contributed by atoms with van der Waals surface area (Å²) in [6.45, 7) is 3.01. The molecular weight excluding hydrogens is 548 g/mol. The van der Waals surface area contributed by atoms with Crippen LogP contribution in [-0.2, 0) is 37.4 Å². The number of sulfonamides is 1.